The summed E-state index contributed by atoms with van der Waals surface area (Å²) in [5.74, 6) is 0.435. The third-order valence-electron chi connectivity index (χ3n) is 5.87. The Morgan fingerprint density at radius 2 is 1.46 bits per heavy atom. The average Bonchev–Trinajstić information content (AvgIpc) is 3.35. The monoisotopic (exact) mass is 479 g/mol. The van der Waals surface area contributed by atoms with Crippen LogP contribution in [0.5, 0.6) is 0 Å². The number of fused-ring (bicyclic) bond motifs is 1. The standard InChI is InChI=1S/C29H25N3O2S/c1-20(28(33)30-27(22-12-4-2-5-13-22)23-14-6-3-7-15-23)35-29-32-31-26(34-29)19-24-17-10-16-21-11-8-9-18-25(21)24/h2-18,20,27H,19H2,1H3,(H,30,33). The molecule has 1 aromatic heterocycles. The Balaban J connectivity index is 1.27. The van der Waals surface area contributed by atoms with Crippen LogP contribution in [0.3, 0.4) is 0 Å². The van der Waals surface area contributed by atoms with E-state index in [1.54, 1.807) is 0 Å². The number of nitrogens with one attached hydrogen (secondary N) is 1. The summed E-state index contributed by atoms with van der Waals surface area (Å²) in [6.07, 6.45) is 0.541. The maximum Gasteiger partial charge on any atom is 0.277 e. The van der Waals surface area contributed by atoms with Crippen LogP contribution in [0.4, 0.5) is 0 Å². The first-order chi connectivity index (χ1) is 17.2. The van der Waals surface area contributed by atoms with Crippen LogP contribution in [0, 0.1) is 0 Å². The number of thioether (sulfide) groups is 1. The molecule has 0 aliphatic heterocycles. The lowest BCUT2D eigenvalue weighted by Gasteiger charge is -2.21. The fourth-order valence-electron chi connectivity index (χ4n) is 4.08. The molecule has 5 nitrogen and oxygen atoms in total. The molecular weight excluding hydrogens is 454 g/mol. The number of amides is 1. The predicted octanol–water partition coefficient (Wildman–Crippen LogP) is 6.20. The van der Waals surface area contributed by atoms with Gasteiger partial charge in [0.25, 0.3) is 5.22 Å². The lowest BCUT2D eigenvalue weighted by atomic mass is 9.98. The van der Waals surface area contributed by atoms with Crippen LogP contribution in [0.25, 0.3) is 10.8 Å². The van der Waals surface area contributed by atoms with Gasteiger partial charge in [-0.05, 0) is 34.4 Å². The van der Waals surface area contributed by atoms with E-state index in [4.69, 9.17) is 4.42 Å². The van der Waals surface area contributed by atoms with Gasteiger partial charge in [0, 0.05) is 0 Å². The Labute approximate surface area is 208 Å². The van der Waals surface area contributed by atoms with E-state index in [0.717, 1.165) is 16.7 Å². The molecule has 0 aliphatic carbocycles. The first-order valence-electron chi connectivity index (χ1n) is 11.5. The van der Waals surface area contributed by atoms with Crippen molar-refractivity contribution in [3.05, 3.63) is 126 Å². The van der Waals surface area contributed by atoms with Gasteiger partial charge in [-0.3, -0.25) is 4.79 Å². The number of carbonyl (C=O) groups excluding carboxylic acids is 1. The molecule has 1 N–H and O–H groups in total. The SMILES string of the molecule is CC(Sc1nnc(Cc2cccc3ccccc23)o1)C(=O)NC(c1ccccc1)c1ccccc1. The fourth-order valence-corrected chi connectivity index (χ4v) is 4.79. The number of carbonyl (C=O) groups is 1. The zero-order valence-corrected chi connectivity index (χ0v) is 20.1. The highest BCUT2D eigenvalue weighted by molar-refractivity contribution is 8.00. The lowest BCUT2D eigenvalue weighted by Crippen LogP contribution is -2.34. The van der Waals surface area contributed by atoms with Crippen molar-refractivity contribution < 1.29 is 9.21 Å². The van der Waals surface area contributed by atoms with E-state index < -0.39 is 5.25 Å². The molecule has 6 heteroatoms. The minimum atomic E-state index is -0.407. The molecule has 0 saturated carbocycles. The van der Waals surface area contributed by atoms with Crippen LogP contribution in [-0.4, -0.2) is 21.4 Å². The van der Waals surface area contributed by atoms with Gasteiger partial charge in [0.05, 0.1) is 17.7 Å². The minimum Gasteiger partial charge on any atom is -0.416 e. The molecule has 1 atom stereocenters. The molecule has 0 radical (unpaired) electrons. The van der Waals surface area contributed by atoms with E-state index in [9.17, 15) is 4.79 Å². The number of aromatic nitrogens is 2. The van der Waals surface area contributed by atoms with E-state index in [1.165, 1.54) is 22.5 Å². The zero-order chi connectivity index (χ0) is 24.0. The highest BCUT2D eigenvalue weighted by atomic mass is 32.2. The molecule has 1 amide bonds. The summed E-state index contributed by atoms with van der Waals surface area (Å²) in [7, 11) is 0. The summed E-state index contributed by atoms with van der Waals surface area (Å²) < 4.78 is 5.89. The molecule has 0 aliphatic rings. The third-order valence-corrected chi connectivity index (χ3v) is 6.80. The van der Waals surface area contributed by atoms with Crippen molar-refractivity contribution in [3.63, 3.8) is 0 Å². The van der Waals surface area contributed by atoms with E-state index in [-0.39, 0.29) is 11.9 Å². The van der Waals surface area contributed by atoms with Crippen molar-refractivity contribution in [2.45, 2.75) is 29.9 Å². The zero-order valence-electron chi connectivity index (χ0n) is 19.3. The topological polar surface area (TPSA) is 68.0 Å². The summed E-state index contributed by atoms with van der Waals surface area (Å²) in [4.78, 5) is 13.1. The van der Waals surface area contributed by atoms with Crippen LogP contribution >= 0.6 is 11.8 Å². The first kappa shape index (κ1) is 22.9. The van der Waals surface area contributed by atoms with Gasteiger partial charge in [-0.15, -0.1) is 10.2 Å². The van der Waals surface area contributed by atoms with Crippen LogP contribution in [-0.2, 0) is 11.2 Å². The van der Waals surface area contributed by atoms with Crippen molar-refractivity contribution in [3.8, 4) is 0 Å². The van der Waals surface area contributed by atoms with Gasteiger partial charge < -0.3 is 9.73 Å². The van der Waals surface area contributed by atoms with Crippen molar-refractivity contribution in [1.82, 2.24) is 15.5 Å². The van der Waals surface area contributed by atoms with Gasteiger partial charge in [0.1, 0.15) is 0 Å². The summed E-state index contributed by atoms with van der Waals surface area (Å²) in [6.45, 7) is 1.85. The molecule has 0 spiro atoms. The van der Waals surface area contributed by atoms with Crippen LogP contribution < -0.4 is 5.32 Å². The highest BCUT2D eigenvalue weighted by Crippen LogP contribution is 2.27. The lowest BCUT2D eigenvalue weighted by molar-refractivity contribution is -0.120. The largest absolute Gasteiger partial charge is 0.416 e. The molecule has 0 saturated heterocycles. The molecule has 0 bridgehead atoms. The Kier molecular flexibility index (Phi) is 6.91. The van der Waals surface area contributed by atoms with Gasteiger partial charge in [0.2, 0.25) is 11.8 Å². The Morgan fingerprint density at radius 3 is 2.17 bits per heavy atom. The average molecular weight is 480 g/mol. The number of benzene rings is 4. The van der Waals surface area contributed by atoms with Gasteiger partial charge in [0.15, 0.2) is 0 Å². The maximum atomic E-state index is 13.1. The smallest absolute Gasteiger partial charge is 0.277 e. The van der Waals surface area contributed by atoms with E-state index in [2.05, 4.69) is 39.8 Å². The number of rotatable bonds is 8. The quantitative estimate of drug-likeness (QED) is 0.268. The maximum absolute atomic E-state index is 13.1. The van der Waals surface area contributed by atoms with Crippen molar-refractivity contribution in [2.75, 3.05) is 0 Å². The summed E-state index contributed by atoms with van der Waals surface area (Å²) in [5.41, 5.74) is 3.18. The minimum absolute atomic E-state index is 0.0958. The van der Waals surface area contributed by atoms with E-state index in [0.29, 0.717) is 17.5 Å². The van der Waals surface area contributed by atoms with Crippen molar-refractivity contribution in [2.24, 2.45) is 0 Å². The van der Waals surface area contributed by atoms with Gasteiger partial charge >= 0.3 is 0 Å². The van der Waals surface area contributed by atoms with Crippen LogP contribution in [0.1, 0.15) is 35.5 Å². The van der Waals surface area contributed by atoms with E-state index in [1.807, 2.05) is 85.8 Å². The van der Waals surface area contributed by atoms with Crippen LogP contribution in [0.2, 0.25) is 0 Å². The Bertz CT molecular complexity index is 1380. The summed E-state index contributed by atoms with van der Waals surface area (Å²) >= 11 is 1.27. The molecular formula is C29H25N3O2S. The Morgan fingerprint density at radius 1 is 0.829 bits per heavy atom. The molecule has 35 heavy (non-hydrogen) atoms. The van der Waals surface area contributed by atoms with Crippen molar-refractivity contribution >= 4 is 28.4 Å². The molecule has 1 heterocycles. The Hall–Kier alpha value is -3.90. The predicted molar refractivity (Wildman–Crippen MR) is 139 cm³/mol. The number of nitrogens with zero attached hydrogens (tertiary/aromatic N) is 2. The summed E-state index contributed by atoms with van der Waals surface area (Å²) in [6, 6.07) is 34.1. The first-order valence-corrected chi connectivity index (χ1v) is 12.4. The van der Waals surface area contributed by atoms with Gasteiger partial charge in [-0.25, -0.2) is 0 Å². The van der Waals surface area contributed by atoms with Gasteiger partial charge in [-0.2, -0.15) is 0 Å². The second kappa shape index (κ2) is 10.6. The van der Waals surface area contributed by atoms with Crippen molar-refractivity contribution in [1.29, 1.82) is 0 Å². The molecule has 5 aromatic rings. The number of hydrogen-bond acceptors (Lipinski definition) is 5. The van der Waals surface area contributed by atoms with Crippen LogP contribution in [0.15, 0.2) is 113 Å². The third kappa shape index (κ3) is 5.44. The molecule has 1 unspecified atom stereocenters. The molecule has 0 fully saturated rings. The van der Waals surface area contributed by atoms with Gasteiger partial charge in [-0.1, -0.05) is 115 Å². The second-order valence-corrected chi connectivity index (χ2v) is 9.59. The normalized spacial score (nSPS) is 12.1. The molecule has 174 valence electrons. The number of hydrogen-bond donors (Lipinski definition) is 1. The molecule has 4 aromatic carbocycles. The van der Waals surface area contributed by atoms with E-state index >= 15 is 0 Å². The highest BCUT2D eigenvalue weighted by Gasteiger charge is 2.23. The fraction of sp³-hybridized carbons (Fsp3) is 0.138. The second-order valence-electron chi connectivity index (χ2n) is 8.30. The summed E-state index contributed by atoms with van der Waals surface area (Å²) in [5, 5.41) is 13.9. The molecule has 5 rings (SSSR count).